The highest BCUT2D eigenvalue weighted by molar-refractivity contribution is 6.11. The first-order chi connectivity index (χ1) is 23.4. The van der Waals surface area contributed by atoms with Crippen LogP contribution in [0.15, 0.2) is 66.9 Å². The van der Waals surface area contributed by atoms with E-state index in [1.165, 1.54) is 0 Å². The standard InChI is InChI=1S/C36H38N4O8/c1-23-3-2-4-28-32(42)21-31-27(34(23)28)9-10-40(31)36(44)29-19-25-20-33(37-22-30(25)38-29)39-35(43)24-5-7-26(8-6-24)48-18-17-47-16-15-46-14-13-45-12-11-41/h2-8,19-22,38,41-42H,9-18H2,1H3,(H,37,39,43). The van der Waals surface area contributed by atoms with Gasteiger partial charge in [0.1, 0.15) is 29.6 Å². The Morgan fingerprint density at radius 1 is 0.938 bits per heavy atom. The van der Waals surface area contributed by atoms with E-state index in [9.17, 15) is 14.7 Å². The van der Waals surface area contributed by atoms with Crippen LogP contribution in [0.25, 0.3) is 21.7 Å². The number of hydrogen-bond acceptors (Lipinski definition) is 9. The van der Waals surface area contributed by atoms with Gasteiger partial charge in [-0.05, 0) is 66.3 Å². The molecule has 0 atom stereocenters. The van der Waals surface area contributed by atoms with E-state index in [-0.39, 0.29) is 24.2 Å². The second-order valence-corrected chi connectivity index (χ2v) is 11.3. The lowest BCUT2D eigenvalue weighted by molar-refractivity contribution is 0.00361. The molecule has 12 nitrogen and oxygen atoms in total. The van der Waals surface area contributed by atoms with Gasteiger partial charge in [0.05, 0.1) is 63.6 Å². The number of amides is 2. The van der Waals surface area contributed by atoms with E-state index in [4.69, 9.17) is 24.1 Å². The number of phenols is 1. The van der Waals surface area contributed by atoms with Crippen LogP contribution in [0.4, 0.5) is 11.5 Å². The largest absolute Gasteiger partial charge is 0.507 e. The van der Waals surface area contributed by atoms with Crippen LogP contribution in [0.3, 0.4) is 0 Å². The summed E-state index contributed by atoms with van der Waals surface area (Å²) in [5.74, 6) is 0.569. The molecule has 4 N–H and O–H groups in total. The summed E-state index contributed by atoms with van der Waals surface area (Å²) in [4.78, 5) is 35.8. The number of aliphatic hydroxyl groups excluding tert-OH is 1. The van der Waals surface area contributed by atoms with Gasteiger partial charge in [0.25, 0.3) is 11.8 Å². The molecule has 0 bridgehead atoms. The minimum atomic E-state index is -0.332. The Hall–Kier alpha value is -5.01. The van der Waals surface area contributed by atoms with Gasteiger partial charge < -0.3 is 44.4 Å². The lowest BCUT2D eigenvalue weighted by Gasteiger charge is -2.18. The minimum absolute atomic E-state index is 0.00315. The summed E-state index contributed by atoms with van der Waals surface area (Å²) in [6.07, 6.45) is 2.28. The summed E-state index contributed by atoms with van der Waals surface area (Å²) in [5.41, 5.74) is 4.32. The molecule has 3 heterocycles. The molecule has 3 aromatic carbocycles. The monoisotopic (exact) mass is 654 g/mol. The summed E-state index contributed by atoms with van der Waals surface area (Å²) in [5, 5.41) is 24.7. The lowest BCUT2D eigenvalue weighted by Crippen LogP contribution is -2.29. The molecule has 0 fully saturated rings. The van der Waals surface area contributed by atoms with Crippen molar-refractivity contribution in [3.8, 4) is 11.5 Å². The van der Waals surface area contributed by atoms with E-state index in [1.54, 1.807) is 53.6 Å². The number of pyridine rings is 1. The number of benzene rings is 3. The number of ether oxygens (including phenoxy) is 4. The molecule has 6 rings (SSSR count). The number of aromatic nitrogens is 2. The van der Waals surface area contributed by atoms with E-state index in [2.05, 4.69) is 15.3 Å². The Morgan fingerprint density at radius 2 is 1.67 bits per heavy atom. The van der Waals surface area contributed by atoms with Crippen molar-refractivity contribution in [2.75, 3.05) is 69.6 Å². The Labute approximate surface area is 277 Å². The molecule has 250 valence electrons. The Morgan fingerprint density at radius 3 is 2.42 bits per heavy atom. The van der Waals surface area contributed by atoms with Crippen molar-refractivity contribution >= 4 is 45.0 Å². The van der Waals surface area contributed by atoms with Crippen LogP contribution in [0, 0.1) is 6.92 Å². The third-order valence-electron chi connectivity index (χ3n) is 8.12. The van der Waals surface area contributed by atoms with Gasteiger partial charge in [-0.15, -0.1) is 0 Å². The predicted molar refractivity (Wildman–Crippen MR) is 181 cm³/mol. The number of phenolic OH excluding ortho intramolecular Hbond substituents is 1. The number of nitrogens with zero attached hydrogens (tertiary/aromatic N) is 2. The third kappa shape index (κ3) is 7.42. The zero-order valence-electron chi connectivity index (χ0n) is 26.7. The number of carbonyl (C=O) groups excluding carboxylic acids is 2. The van der Waals surface area contributed by atoms with Gasteiger partial charge in [0.2, 0.25) is 0 Å². The highest BCUT2D eigenvalue weighted by Gasteiger charge is 2.29. The fourth-order valence-electron chi connectivity index (χ4n) is 5.83. The molecule has 2 amide bonds. The molecule has 1 aliphatic heterocycles. The van der Waals surface area contributed by atoms with Gasteiger partial charge in [0, 0.05) is 28.9 Å². The average molecular weight is 655 g/mol. The number of fused-ring (bicyclic) bond motifs is 4. The van der Waals surface area contributed by atoms with Gasteiger partial charge in [-0.1, -0.05) is 18.2 Å². The van der Waals surface area contributed by atoms with E-state index in [0.717, 1.165) is 27.3 Å². The number of aliphatic hydroxyl groups is 1. The molecule has 0 aliphatic carbocycles. The van der Waals surface area contributed by atoms with E-state index < -0.39 is 0 Å². The van der Waals surface area contributed by atoms with E-state index in [0.29, 0.717) is 93.2 Å². The first-order valence-corrected chi connectivity index (χ1v) is 15.9. The summed E-state index contributed by atoms with van der Waals surface area (Å²) >= 11 is 0. The van der Waals surface area contributed by atoms with E-state index >= 15 is 0 Å². The number of aromatic amines is 1. The highest BCUT2D eigenvalue weighted by Crippen LogP contribution is 2.41. The van der Waals surface area contributed by atoms with Crippen molar-refractivity contribution < 1.29 is 38.7 Å². The Kier molecular flexibility index (Phi) is 10.5. The van der Waals surface area contributed by atoms with Crippen molar-refractivity contribution in [2.45, 2.75) is 13.3 Å². The molecule has 5 aromatic rings. The normalized spacial score (nSPS) is 12.5. The fraction of sp³-hybridized carbons (Fsp3) is 0.306. The molecule has 0 spiro atoms. The van der Waals surface area contributed by atoms with Gasteiger partial charge >= 0.3 is 0 Å². The van der Waals surface area contributed by atoms with Gasteiger partial charge in [0.15, 0.2) is 0 Å². The van der Waals surface area contributed by atoms with Gasteiger partial charge in [-0.25, -0.2) is 4.98 Å². The molecule has 0 saturated carbocycles. The second-order valence-electron chi connectivity index (χ2n) is 11.3. The first kappa shape index (κ1) is 32.9. The molecule has 0 saturated heterocycles. The third-order valence-corrected chi connectivity index (χ3v) is 8.12. The lowest BCUT2D eigenvalue weighted by atomic mass is 9.97. The van der Waals surface area contributed by atoms with Crippen molar-refractivity contribution in [2.24, 2.45) is 0 Å². The molecule has 1 aliphatic rings. The number of hydrogen-bond donors (Lipinski definition) is 4. The van der Waals surface area contributed by atoms with Crippen molar-refractivity contribution in [3.63, 3.8) is 0 Å². The van der Waals surface area contributed by atoms with Gasteiger partial charge in [-0.3, -0.25) is 9.59 Å². The van der Waals surface area contributed by atoms with Crippen LogP contribution in [-0.2, 0) is 20.6 Å². The zero-order chi connectivity index (χ0) is 33.5. The molecule has 12 heteroatoms. The van der Waals surface area contributed by atoms with Crippen LogP contribution in [0.1, 0.15) is 32.0 Å². The number of carbonyl (C=O) groups is 2. The number of nitrogens with one attached hydrogen (secondary N) is 2. The van der Waals surface area contributed by atoms with Crippen LogP contribution >= 0.6 is 0 Å². The molecule has 0 radical (unpaired) electrons. The van der Waals surface area contributed by atoms with Crippen molar-refractivity contribution in [3.05, 3.63) is 89.2 Å². The average Bonchev–Trinajstić information content (AvgIpc) is 3.71. The van der Waals surface area contributed by atoms with Crippen LogP contribution in [-0.4, -0.2) is 91.4 Å². The first-order valence-electron chi connectivity index (χ1n) is 15.9. The van der Waals surface area contributed by atoms with Crippen molar-refractivity contribution in [1.82, 2.24) is 9.97 Å². The summed E-state index contributed by atoms with van der Waals surface area (Å²) in [7, 11) is 0. The summed E-state index contributed by atoms with van der Waals surface area (Å²) < 4.78 is 21.6. The van der Waals surface area contributed by atoms with Crippen LogP contribution in [0.5, 0.6) is 11.5 Å². The molecule has 0 unspecified atom stereocenters. The van der Waals surface area contributed by atoms with Crippen LogP contribution < -0.4 is 15.0 Å². The smallest absolute Gasteiger partial charge is 0.274 e. The number of anilines is 2. The second kappa shape index (κ2) is 15.3. The highest BCUT2D eigenvalue weighted by atomic mass is 16.6. The Bertz CT molecular complexity index is 1910. The Balaban J connectivity index is 1.01. The van der Waals surface area contributed by atoms with Crippen molar-refractivity contribution in [1.29, 1.82) is 0 Å². The number of H-pyrrole nitrogens is 1. The summed E-state index contributed by atoms with van der Waals surface area (Å²) in [6.45, 7) is 5.30. The maximum absolute atomic E-state index is 13.7. The molecule has 48 heavy (non-hydrogen) atoms. The quantitative estimate of drug-likeness (QED) is 0.119. The molecular weight excluding hydrogens is 616 g/mol. The number of aryl methyl sites for hydroxylation is 1. The zero-order valence-corrected chi connectivity index (χ0v) is 26.7. The maximum Gasteiger partial charge on any atom is 0.274 e. The predicted octanol–water partition coefficient (Wildman–Crippen LogP) is 4.61. The van der Waals surface area contributed by atoms with E-state index in [1.807, 2.05) is 25.1 Å². The maximum atomic E-state index is 13.7. The molecule has 2 aromatic heterocycles. The van der Waals surface area contributed by atoms with Gasteiger partial charge in [-0.2, -0.15) is 0 Å². The fourth-order valence-corrected chi connectivity index (χ4v) is 5.83. The topological polar surface area (TPSA) is 155 Å². The summed E-state index contributed by atoms with van der Waals surface area (Å²) in [6, 6.07) is 17.7. The SMILES string of the molecule is Cc1cccc2c(O)cc3c(c12)CCN3C(=O)c1cc2cc(NC(=O)c3ccc(OCCOCCOCCOCCO)cc3)ncc2[nH]1. The number of rotatable bonds is 15. The minimum Gasteiger partial charge on any atom is -0.507 e. The van der Waals surface area contributed by atoms with Crippen LogP contribution in [0.2, 0.25) is 0 Å². The number of aromatic hydroxyl groups is 1. The molecular formula is C36H38N4O8.